The molecular weight excluding hydrogens is 1600 g/mol. The van der Waals surface area contributed by atoms with E-state index in [0.717, 1.165) is 59.8 Å². The number of thiazole rings is 1. The van der Waals surface area contributed by atoms with Gasteiger partial charge in [0.2, 0.25) is 35.4 Å². The Morgan fingerprint density at radius 1 is 0.532 bits per heavy atom. The van der Waals surface area contributed by atoms with E-state index in [9.17, 15) is 62.6 Å². The average molecular weight is 1720 g/mol. The molecular formula is C94H118N14O15S. The Bertz CT molecular complexity index is 4940. The number of nitrogens with one attached hydrogen (secondary N) is 8. The quantitative estimate of drug-likeness (QED) is 0.0340. The molecule has 15 rings (SSSR count). The van der Waals surface area contributed by atoms with Gasteiger partial charge in [-0.2, -0.15) is 0 Å². The molecule has 9 aliphatic heterocycles. The number of nitrogens with zero attached hydrogens (tertiary/aromatic N) is 6. The van der Waals surface area contributed by atoms with Gasteiger partial charge in [-0.3, -0.25) is 67.3 Å². The second kappa shape index (κ2) is 40.0. The summed E-state index contributed by atoms with van der Waals surface area (Å²) in [6.45, 7) is 44.1. The lowest BCUT2D eigenvalue weighted by atomic mass is 9.85. The Labute approximate surface area is 729 Å². The molecule has 4 unspecified atom stereocenters. The highest BCUT2D eigenvalue weighted by Gasteiger charge is 2.49. The minimum Gasteiger partial charge on any atom is -0.491 e. The van der Waals surface area contributed by atoms with Crippen LogP contribution in [0, 0.1) is 12.3 Å². The Morgan fingerprint density at radius 2 is 0.960 bits per heavy atom. The Hall–Kier alpha value is -12.2. The number of aliphatic hydroxyl groups excluding tert-OH is 1. The number of fused-ring (bicyclic) bond motifs is 4. The number of piperidine rings is 4. The zero-order valence-corrected chi connectivity index (χ0v) is 73.3. The van der Waals surface area contributed by atoms with Gasteiger partial charge in [0, 0.05) is 101 Å². The van der Waals surface area contributed by atoms with Gasteiger partial charge in [-0.1, -0.05) is 117 Å². The van der Waals surface area contributed by atoms with Crippen LogP contribution in [-0.2, 0) is 48.4 Å². The maximum atomic E-state index is 13.4. The molecule has 7 atom stereocenters. The van der Waals surface area contributed by atoms with E-state index in [2.05, 4.69) is 87.7 Å². The predicted octanol–water partition coefficient (Wildman–Crippen LogP) is 12.0. The summed E-state index contributed by atoms with van der Waals surface area (Å²) < 4.78 is 11.4. The number of carbonyl (C=O) groups excluding carboxylic acids is 12. The number of ether oxygens (including phenoxy) is 2. The van der Waals surface area contributed by atoms with Crippen LogP contribution in [0.1, 0.15) is 240 Å². The van der Waals surface area contributed by atoms with Crippen molar-refractivity contribution in [2.45, 2.75) is 254 Å². The Balaban J connectivity index is 0.000000163. The van der Waals surface area contributed by atoms with Crippen LogP contribution in [0.2, 0.25) is 0 Å². The van der Waals surface area contributed by atoms with Crippen LogP contribution in [-0.4, -0.2) is 185 Å². The maximum Gasteiger partial charge on any atom is 0.266 e. The molecule has 0 bridgehead atoms. The maximum absolute atomic E-state index is 13.4. The molecule has 0 radical (unpaired) electrons. The first-order valence-corrected chi connectivity index (χ1v) is 42.8. The second-order valence-corrected chi connectivity index (χ2v) is 35.4. The molecule has 30 heteroatoms. The predicted molar refractivity (Wildman–Crippen MR) is 475 cm³/mol. The van der Waals surface area contributed by atoms with E-state index in [1.165, 1.54) is 0 Å². The van der Waals surface area contributed by atoms with Crippen LogP contribution >= 0.6 is 11.3 Å². The number of amides is 12. The number of β-amino-alcohol motifs (C(OH)–C–C–N with tert-alkyl or cyclic N) is 1. The molecule has 6 aromatic rings. The third-order valence-corrected chi connectivity index (χ3v) is 23.0. The molecule has 660 valence electrons. The van der Waals surface area contributed by atoms with Crippen molar-refractivity contribution in [1.82, 2.24) is 61.4 Å². The van der Waals surface area contributed by atoms with Gasteiger partial charge in [0.15, 0.2) is 0 Å². The third-order valence-electron chi connectivity index (χ3n) is 22.0. The van der Waals surface area contributed by atoms with Crippen LogP contribution in [0.5, 0.6) is 11.5 Å². The number of aliphatic hydroxyl groups is 1. The highest BCUT2D eigenvalue weighted by molar-refractivity contribution is 7.13. The van der Waals surface area contributed by atoms with E-state index in [1.54, 1.807) is 68.5 Å². The minimum absolute atomic E-state index is 0. The number of anilines is 2. The van der Waals surface area contributed by atoms with Crippen molar-refractivity contribution >= 4 is 93.6 Å². The van der Waals surface area contributed by atoms with E-state index in [4.69, 9.17) is 9.47 Å². The van der Waals surface area contributed by atoms with E-state index >= 15 is 0 Å². The standard InChI is InChI=1S/C25H36N4O3S.C17H19N3O3.C17H21N3O2.C17H18N2O4.C17H20N2O3.CH4/c1-15(2)28-22(25(4,5)6)24(32)29-13-19(30)11-20(29)23(31)26-12-17-7-9-18(10-8-17)21-16(3)27-14-33-21;1-9(2)18-12-6-4-5-11-14(12)17(23)20(16(11)22)13-8-7-10(3)19-15(13)21;1-10(2)18-14-6-4-5-12-13(14)9-20(17(12)22)15-8-7-11(3)19-16(15)21;1-9(2)23-13-6-4-5-11-14(13)17(22)19(16(11)21)12-8-7-10(3)18-15(12)20;1-10(2)22-15-6-4-5-12-13(15)9-19(17(12)21)14-8-7-11(3)18-16(14)20;/h7-10,14-15,19-20,22,28,30H,11-13H2,1-6H3,(H,26,31);4-6,9,13,18H,3,7-8H2,1-2H3,(H,19,21);4-6,10,15,18H,3,7-9H2,1-2H3,(H,19,21);4-6,9,12H,3,7-8H2,1-2H3,(H,18,20);4-6,10,14H,3,7-9H2,1-2H3,(H,18,20);1H4/t19-,20+,22-;;;;;/m1...../s1. The first-order valence-electron chi connectivity index (χ1n) is 41.9. The zero-order chi connectivity index (χ0) is 89.5. The van der Waals surface area contributed by atoms with Crippen LogP contribution in [0.25, 0.3) is 10.4 Å². The topological polar surface area (TPSA) is 369 Å². The number of imide groups is 2. The monoisotopic (exact) mass is 1710 g/mol. The van der Waals surface area contributed by atoms with Crippen molar-refractivity contribution in [3.63, 3.8) is 0 Å². The van der Waals surface area contributed by atoms with Gasteiger partial charge in [0.25, 0.3) is 35.4 Å². The molecule has 9 aliphatic rings. The van der Waals surface area contributed by atoms with E-state index < -0.39 is 66.0 Å². The molecule has 12 amide bonds. The highest BCUT2D eigenvalue weighted by Crippen LogP contribution is 2.40. The van der Waals surface area contributed by atoms with Gasteiger partial charge in [-0.05, 0) is 179 Å². The lowest BCUT2D eigenvalue weighted by Crippen LogP contribution is -2.57. The molecule has 5 saturated heterocycles. The van der Waals surface area contributed by atoms with Crippen molar-refractivity contribution in [2.24, 2.45) is 5.41 Å². The summed E-state index contributed by atoms with van der Waals surface area (Å²) in [5.41, 5.74) is 13.3. The third kappa shape index (κ3) is 21.4. The fraction of sp³-hybridized carbons (Fsp3) is 0.436. The molecule has 1 aromatic heterocycles. The summed E-state index contributed by atoms with van der Waals surface area (Å²) in [6, 6.07) is 26.3. The van der Waals surface area contributed by atoms with Gasteiger partial charge in [-0.15, -0.1) is 11.3 Å². The number of aryl methyl sites for hydroxylation is 1. The molecule has 0 aliphatic carbocycles. The van der Waals surface area contributed by atoms with Gasteiger partial charge >= 0.3 is 0 Å². The Morgan fingerprint density at radius 3 is 1.42 bits per heavy atom. The normalized spacial score (nSPS) is 20.5. The molecule has 9 N–H and O–H groups in total. The number of allylic oxidation sites excluding steroid dienone is 4. The second-order valence-electron chi connectivity index (χ2n) is 34.6. The number of likely N-dealkylation sites (tertiary alicyclic amines) is 1. The van der Waals surface area contributed by atoms with Crippen molar-refractivity contribution < 1.29 is 72.1 Å². The number of carbonyl (C=O) groups is 12. The molecule has 124 heavy (non-hydrogen) atoms. The fourth-order valence-electron chi connectivity index (χ4n) is 16.2. The molecule has 10 heterocycles. The molecule has 0 spiro atoms. The summed E-state index contributed by atoms with van der Waals surface area (Å²) in [6.07, 6.45) is 4.02. The van der Waals surface area contributed by atoms with Gasteiger partial charge in [0.05, 0.1) is 69.2 Å². The summed E-state index contributed by atoms with van der Waals surface area (Å²) >= 11 is 1.61. The van der Waals surface area contributed by atoms with Crippen molar-refractivity contribution in [1.29, 1.82) is 0 Å². The lowest BCUT2D eigenvalue weighted by Gasteiger charge is -2.36. The molecule has 29 nitrogen and oxygen atoms in total. The first-order chi connectivity index (χ1) is 58.2. The summed E-state index contributed by atoms with van der Waals surface area (Å²) in [4.78, 5) is 164. The largest absolute Gasteiger partial charge is 0.491 e. The molecule has 5 fully saturated rings. The Kier molecular flexibility index (Phi) is 30.4. The summed E-state index contributed by atoms with van der Waals surface area (Å²) in [7, 11) is 0. The van der Waals surface area contributed by atoms with Gasteiger partial charge in [0.1, 0.15) is 41.7 Å². The van der Waals surface area contributed by atoms with Gasteiger partial charge in [-0.25, -0.2) is 4.98 Å². The smallest absolute Gasteiger partial charge is 0.266 e. The first kappa shape index (κ1) is 94.1. The van der Waals surface area contributed by atoms with Crippen molar-refractivity contribution in [3.8, 4) is 21.9 Å². The van der Waals surface area contributed by atoms with Crippen LogP contribution in [0.4, 0.5) is 11.4 Å². The van der Waals surface area contributed by atoms with Crippen molar-refractivity contribution in [2.75, 3.05) is 17.2 Å². The highest BCUT2D eigenvalue weighted by atomic mass is 32.1. The number of hydrogen-bond donors (Lipinski definition) is 9. The number of aromatic nitrogens is 1. The molecule has 0 saturated carbocycles. The SMILES string of the molecule is C.C=C1CCC(N2C(=O)c3cccc(NC(C)C)c3C2=O)C(=O)N1.C=C1CCC(N2C(=O)c3cccc(OC(C)C)c3C2=O)C(=O)N1.C=C1CCC(N2Cc3c(NC(C)C)cccc3C2=O)C(=O)N1.C=C1CCC(N2Cc3c(OC(C)C)cccc3C2=O)C(=O)N1.Cc1ncsc1-c1ccc(CNC(=O)[C@@H]2C[C@@H](O)CN2C(=O)[C@@H](NC(C)C)C(C)(C)C)cc1. The van der Waals surface area contributed by atoms with E-state index in [0.29, 0.717) is 122 Å². The van der Waals surface area contributed by atoms with Crippen molar-refractivity contribution in [3.05, 3.63) is 207 Å². The van der Waals surface area contributed by atoms with Gasteiger partial charge < -0.3 is 71.8 Å². The molecule has 5 aromatic carbocycles. The van der Waals surface area contributed by atoms with E-state index in [-0.39, 0.29) is 115 Å². The lowest BCUT2D eigenvalue weighted by molar-refractivity contribution is -0.142. The summed E-state index contributed by atoms with van der Waals surface area (Å²) in [5, 5.41) is 33.9. The average Bonchev–Trinajstić information content (AvgIpc) is 1.61. The number of hydrogen-bond acceptors (Lipinski definition) is 20. The van der Waals surface area contributed by atoms with E-state index in [1.807, 2.05) is 143 Å². The minimum atomic E-state index is -0.806. The van der Waals surface area contributed by atoms with Crippen LogP contribution < -0.4 is 52.0 Å². The fourth-order valence-corrected chi connectivity index (χ4v) is 17.0. The summed E-state index contributed by atoms with van der Waals surface area (Å²) in [5.74, 6) is -2.20. The zero-order valence-electron chi connectivity index (χ0n) is 72.5. The number of benzene rings is 5. The van der Waals surface area contributed by atoms with Crippen LogP contribution in [0.3, 0.4) is 0 Å². The number of rotatable bonds is 19. The van der Waals surface area contributed by atoms with Crippen LogP contribution in [0.15, 0.2) is 152 Å².